The summed E-state index contributed by atoms with van der Waals surface area (Å²) in [5.41, 5.74) is 5.13. The molecule has 0 saturated carbocycles. The summed E-state index contributed by atoms with van der Waals surface area (Å²) in [6.45, 7) is 7.55. The Morgan fingerprint density at radius 1 is 0.931 bits per heavy atom. The first-order chi connectivity index (χ1) is 13.8. The van der Waals surface area contributed by atoms with Crippen LogP contribution in [0.1, 0.15) is 47.8 Å². The van der Waals surface area contributed by atoms with Crippen molar-refractivity contribution in [2.24, 2.45) is 0 Å². The zero-order chi connectivity index (χ0) is 21.1. The molecule has 0 spiro atoms. The van der Waals surface area contributed by atoms with Crippen molar-refractivity contribution in [3.05, 3.63) is 80.7 Å². The molecular weight excluding hydrogens is 382 g/mol. The van der Waals surface area contributed by atoms with E-state index in [-0.39, 0.29) is 11.8 Å². The molecule has 3 aromatic rings. The number of nitriles is 1. The number of nitrogens with zero attached hydrogens (tertiary/aromatic N) is 1. The number of hydrogen-bond acceptors (Lipinski definition) is 4. The first-order valence-electron chi connectivity index (χ1n) is 9.11. The third-order valence-electron chi connectivity index (χ3n) is 4.82. The fraction of sp³-hybridized carbons (Fsp3) is 0.174. The second-order valence-electron chi connectivity index (χ2n) is 6.90. The van der Waals surface area contributed by atoms with Crippen molar-refractivity contribution in [3.8, 4) is 6.07 Å². The largest absolute Gasteiger partial charge is 0.321 e. The highest BCUT2D eigenvalue weighted by molar-refractivity contribution is 7.18. The Kier molecular flexibility index (Phi) is 5.81. The number of rotatable bonds is 4. The summed E-state index contributed by atoms with van der Waals surface area (Å²) >= 11 is 1.11. The van der Waals surface area contributed by atoms with Gasteiger partial charge >= 0.3 is 0 Å². The topological polar surface area (TPSA) is 82.0 Å². The van der Waals surface area contributed by atoms with Crippen LogP contribution in [0.25, 0.3) is 0 Å². The van der Waals surface area contributed by atoms with E-state index in [1.807, 2.05) is 45.0 Å². The van der Waals surface area contributed by atoms with E-state index in [1.165, 1.54) is 0 Å². The third-order valence-corrected chi connectivity index (χ3v) is 6.03. The normalized spacial score (nSPS) is 10.3. The van der Waals surface area contributed by atoms with Crippen molar-refractivity contribution in [2.45, 2.75) is 27.7 Å². The van der Waals surface area contributed by atoms with Crippen LogP contribution in [0.2, 0.25) is 0 Å². The minimum Gasteiger partial charge on any atom is -0.321 e. The van der Waals surface area contributed by atoms with Crippen molar-refractivity contribution in [1.82, 2.24) is 0 Å². The first kappa shape index (κ1) is 20.3. The Balaban J connectivity index is 1.89. The molecule has 0 atom stereocenters. The van der Waals surface area contributed by atoms with Crippen molar-refractivity contribution >= 4 is 33.8 Å². The summed E-state index contributed by atoms with van der Waals surface area (Å²) in [6.07, 6.45) is 0. The van der Waals surface area contributed by atoms with Gasteiger partial charge in [0.2, 0.25) is 0 Å². The molecule has 6 heteroatoms. The van der Waals surface area contributed by atoms with Gasteiger partial charge in [0.25, 0.3) is 11.8 Å². The number of carbonyl (C=O) groups excluding carboxylic acids is 2. The summed E-state index contributed by atoms with van der Waals surface area (Å²) in [7, 11) is 0. The highest BCUT2D eigenvalue weighted by atomic mass is 32.1. The maximum Gasteiger partial charge on any atom is 0.266 e. The maximum absolute atomic E-state index is 12.9. The number of nitrogens with one attached hydrogen (secondary N) is 2. The Morgan fingerprint density at radius 2 is 1.66 bits per heavy atom. The average molecular weight is 404 g/mol. The number of amides is 2. The third kappa shape index (κ3) is 4.20. The molecule has 0 bridgehead atoms. The van der Waals surface area contributed by atoms with Gasteiger partial charge in [-0.15, -0.1) is 11.3 Å². The van der Waals surface area contributed by atoms with Gasteiger partial charge in [0.15, 0.2) is 0 Å². The molecule has 2 N–H and O–H groups in total. The number of aryl methyl sites for hydroxylation is 2. The molecule has 0 unspecified atom stereocenters. The van der Waals surface area contributed by atoms with Gasteiger partial charge in [-0.25, -0.2) is 0 Å². The SMILES string of the molecule is Cc1cccc(C(=O)Nc2sc(C(=O)Nc3cccc(C)c3C)c(C)c2C#N)c1. The molecule has 2 amide bonds. The molecule has 146 valence electrons. The van der Waals surface area contributed by atoms with Gasteiger partial charge < -0.3 is 10.6 Å². The quantitative estimate of drug-likeness (QED) is 0.615. The molecule has 29 heavy (non-hydrogen) atoms. The smallest absolute Gasteiger partial charge is 0.266 e. The van der Waals surface area contributed by atoms with Crippen LogP contribution in [0.15, 0.2) is 42.5 Å². The van der Waals surface area contributed by atoms with E-state index in [0.717, 1.165) is 33.7 Å². The summed E-state index contributed by atoms with van der Waals surface area (Å²) in [5, 5.41) is 15.6. The second kappa shape index (κ2) is 8.29. The van der Waals surface area contributed by atoms with Gasteiger partial charge in [-0.3, -0.25) is 9.59 Å². The number of thiophene rings is 1. The Bertz CT molecular complexity index is 1160. The summed E-state index contributed by atoms with van der Waals surface area (Å²) in [5.74, 6) is -0.610. The van der Waals surface area contributed by atoms with Crippen LogP contribution in [-0.2, 0) is 0 Å². The van der Waals surface area contributed by atoms with Crippen molar-refractivity contribution < 1.29 is 9.59 Å². The van der Waals surface area contributed by atoms with E-state index in [9.17, 15) is 14.9 Å². The molecule has 3 rings (SSSR count). The molecule has 0 fully saturated rings. The molecule has 0 radical (unpaired) electrons. The lowest BCUT2D eigenvalue weighted by Gasteiger charge is -2.09. The average Bonchev–Trinajstić information content (AvgIpc) is 3.00. The van der Waals surface area contributed by atoms with E-state index in [1.54, 1.807) is 25.1 Å². The number of hydrogen-bond donors (Lipinski definition) is 2. The summed E-state index contributed by atoms with van der Waals surface area (Å²) < 4.78 is 0. The van der Waals surface area contributed by atoms with Crippen LogP contribution in [0, 0.1) is 39.0 Å². The molecule has 2 aromatic carbocycles. The van der Waals surface area contributed by atoms with Gasteiger partial charge in [-0.2, -0.15) is 5.26 Å². The van der Waals surface area contributed by atoms with Crippen LogP contribution in [-0.4, -0.2) is 11.8 Å². The van der Waals surface area contributed by atoms with E-state index in [2.05, 4.69) is 16.7 Å². The van der Waals surface area contributed by atoms with Gasteiger partial charge in [-0.05, 0) is 62.6 Å². The van der Waals surface area contributed by atoms with Crippen LogP contribution in [0.3, 0.4) is 0 Å². The number of carbonyl (C=O) groups is 2. The first-order valence-corrected chi connectivity index (χ1v) is 9.92. The van der Waals surface area contributed by atoms with Crippen LogP contribution >= 0.6 is 11.3 Å². The van der Waals surface area contributed by atoms with E-state index >= 15 is 0 Å². The fourth-order valence-electron chi connectivity index (χ4n) is 2.98. The van der Waals surface area contributed by atoms with Gasteiger partial charge in [0, 0.05) is 11.3 Å². The monoisotopic (exact) mass is 403 g/mol. The second-order valence-corrected chi connectivity index (χ2v) is 7.92. The fourth-order valence-corrected chi connectivity index (χ4v) is 4.03. The maximum atomic E-state index is 12.9. The molecule has 1 heterocycles. The van der Waals surface area contributed by atoms with Gasteiger partial charge in [0.1, 0.15) is 11.1 Å². The van der Waals surface area contributed by atoms with E-state index in [0.29, 0.717) is 26.6 Å². The van der Waals surface area contributed by atoms with Crippen LogP contribution in [0.5, 0.6) is 0 Å². The van der Waals surface area contributed by atoms with Crippen LogP contribution in [0.4, 0.5) is 10.7 Å². The predicted molar refractivity (Wildman–Crippen MR) is 117 cm³/mol. The van der Waals surface area contributed by atoms with Crippen LogP contribution < -0.4 is 10.6 Å². The minimum absolute atomic E-state index is 0.297. The highest BCUT2D eigenvalue weighted by Gasteiger charge is 2.22. The van der Waals surface area contributed by atoms with Crippen molar-refractivity contribution in [3.63, 3.8) is 0 Å². The van der Waals surface area contributed by atoms with Crippen molar-refractivity contribution in [1.29, 1.82) is 5.26 Å². The zero-order valence-electron chi connectivity index (χ0n) is 16.7. The van der Waals surface area contributed by atoms with E-state index in [4.69, 9.17) is 0 Å². The highest BCUT2D eigenvalue weighted by Crippen LogP contribution is 2.33. The van der Waals surface area contributed by atoms with E-state index < -0.39 is 0 Å². The Labute approximate surface area is 174 Å². The number of anilines is 2. The molecule has 5 nitrogen and oxygen atoms in total. The Hall–Kier alpha value is -3.43. The summed E-state index contributed by atoms with van der Waals surface area (Å²) in [6, 6.07) is 15.0. The number of benzene rings is 2. The molecule has 1 aromatic heterocycles. The van der Waals surface area contributed by atoms with Crippen molar-refractivity contribution in [2.75, 3.05) is 10.6 Å². The lowest BCUT2D eigenvalue weighted by molar-refractivity contribution is 0.102. The molecule has 0 saturated heterocycles. The molecular formula is C23H21N3O2S. The lowest BCUT2D eigenvalue weighted by atomic mass is 10.1. The predicted octanol–water partition coefficient (Wildman–Crippen LogP) is 5.36. The Morgan fingerprint density at radius 3 is 2.34 bits per heavy atom. The minimum atomic E-state index is -0.312. The lowest BCUT2D eigenvalue weighted by Crippen LogP contribution is -2.12. The molecule has 0 aliphatic rings. The molecule has 0 aliphatic heterocycles. The molecule has 0 aliphatic carbocycles. The summed E-state index contributed by atoms with van der Waals surface area (Å²) in [4.78, 5) is 25.8. The standard InChI is InChI=1S/C23H21N3O2S/c1-13-7-5-9-17(11-13)21(27)26-23-18(12-24)16(4)20(29-23)22(28)25-19-10-6-8-14(2)15(19)3/h5-11H,1-4H3,(H,25,28)(H,26,27). The zero-order valence-corrected chi connectivity index (χ0v) is 17.5. The van der Waals surface area contributed by atoms with Gasteiger partial charge in [-0.1, -0.05) is 29.8 Å². The van der Waals surface area contributed by atoms with Gasteiger partial charge in [0.05, 0.1) is 10.4 Å².